The SMILES string of the molecule is CC[N+](CC)(CC)CC.O=S(=O)([O-])CC(F)C(F)C(F)C(F)F. The third-order valence-electron chi connectivity index (χ3n) is 3.94. The Hall–Kier alpha value is -0.480. The average molecular weight is 371 g/mol. The lowest BCUT2D eigenvalue weighted by molar-refractivity contribution is -0.921. The Kier molecular flexibility index (Phi) is 12.0. The highest BCUT2D eigenvalue weighted by Crippen LogP contribution is 2.19. The van der Waals surface area contributed by atoms with E-state index in [-0.39, 0.29) is 0 Å². The molecule has 0 aromatic carbocycles. The molecule has 3 atom stereocenters. The molecule has 0 amide bonds. The Morgan fingerprint density at radius 2 is 1.17 bits per heavy atom. The summed E-state index contributed by atoms with van der Waals surface area (Å²) < 4.78 is 90.6. The average Bonchev–Trinajstić information content (AvgIpc) is 2.47. The molecule has 0 fully saturated rings. The van der Waals surface area contributed by atoms with E-state index >= 15 is 0 Å². The van der Waals surface area contributed by atoms with Crippen molar-refractivity contribution in [3.8, 4) is 0 Å². The van der Waals surface area contributed by atoms with Crippen LogP contribution < -0.4 is 0 Å². The summed E-state index contributed by atoms with van der Waals surface area (Å²) in [4.78, 5) is 0. The maximum atomic E-state index is 12.4. The second-order valence-electron chi connectivity index (χ2n) is 5.07. The molecule has 0 aromatic rings. The first-order chi connectivity index (χ1) is 10.4. The van der Waals surface area contributed by atoms with E-state index in [4.69, 9.17) is 0 Å². The van der Waals surface area contributed by atoms with E-state index in [0.717, 1.165) is 0 Å². The van der Waals surface area contributed by atoms with Crippen LogP contribution in [0.1, 0.15) is 27.7 Å². The fraction of sp³-hybridized carbons (Fsp3) is 1.00. The zero-order chi connectivity index (χ0) is 18.8. The number of nitrogens with zero attached hydrogens (tertiary/aromatic N) is 1. The lowest BCUT2D eigenvalue weighted by atomic mass is 10.2. The van der Waals surface area contributed by atoms with Gasteiger partial charge in [-0.2, -0.15) is 0 Å². The summed E-state index contributed by atoms with van der Waals surface area (Å²) in [6, 6.07) is 0. The van der Waals surface area contributed by atoms with Gasteiger partial charge in [0.25, 0.3) is 6.43 Å². The number of halogens is 5. The highest BCUT2D eigenvalue weighted by molar-refractivity contribution is 7.85. The van der Waals surface area contributed by atoms with Crippen LogP contribution in [-0.4, -0.2) is 74.3 Å². The fourth-order valence-corrected chi connectivity index (χ4v) is 2.54. The normalized spacial score (nSPS) is 16.5. The molecule has 4 nitrogen and oxygen atoms in total. The molecule has 0 heterocycles. The minimum absolute atomic E-state index is 1.28. The predicted octanol–water partition coefficient (Wildman–Crippen LogP) is 2.69. The second-order valence-corrected chi connectivity index (χ2v) is 6.52. The van der Waals surface area contributed by atoms with Crippen LogP contribution in [0.2, 0.25) is 0 Å². The van der Waals surface area contributed by atoms with E-state index in [1.54, 1.807) is 0 Å². The van der Waals surface area contributed by atoms with Crippen molar-refractivity contribution >= 4 is 10.1 Å². The summed E-state index contributed by atoms with van der Waals surface area (Å²) in [6.45, 7) is 14.2. The smallest absolute Gasteiger partial charge is 0.272 e. The van der Waals surface area contributed by atoms with E-state index in [2.05, 4.69) is 27.7 Å². The molecule has 0 saturated carbocycles. The molecule has 0 spiro atoms. The van der Waals surface area contributed by atoms with E-state index in [1.165, 1.54) is 30.7 Å². The van der Waals surface area contributed by atoms with Gasteiger partial charge in [-0.15, -0.1) is 0 Å². The Balaban J connectivity index is 0. The predicted molar refractivity (Wildman–Crippen MR) is 77.7 cm³/mol. The molecular weight excluding hydrogens is 345 g/mol. The van der Waals surface area contributed by atoms with Gasteiger partial charge in [-0.3, -0.25) is 0 Å². The summed E-state index contributed by atoms with van der Waals surface area (Å²) in [5.41, 5.74) is 0. The zero-order valence-electron chi connectivity index (χ0n) is 13.8. The Morgan fingerprint density at radius 1 is 0.826 bits per heavy atom. The van der Waals surface area contributed by atoms with Crippen LogP contribution >= 0.6 is 0 Å². The first kappa shape index (κ1) is 24.8. The number of rotatable bonds is 9. The molecule has 0 aromatic heterocycles. The minimum atomic E-state index is -5.10. The lowest BCUT2D eigenvalue weighted by Crippen LogP contribution is -2.47. The van der Waals surface area contributed by atoms with Crippen LogP contribution in [0, 0.1) is 0 Å². The molecule has 0 bridgehead atoms. The topological polar surface area (TPSA) is 57.2 Å². The quantitative estimate of drug-likeness (QED) is 0.356. The van der Waals surface area contributed by atoms with Gasteiger partial charge in [-0.05, 0) is 27.7 Å². The third-order valence-corrected chi connectivity index (χ3v) is 4.66. The summed E-state index contributed by atoms with van der Waals surface area (Å²) in [6.07, 6.45) is -13.6. The van der Waals surface area contributed by atoms with E-state index < -0.39 is 40.8 Å². The van der Waals surface area contributed by atoms with Gasteiger partial charge >= 0.3 is 0 Å². The van der Waals surface area contributed by atoms with E-state index in [0.29, 0.717) is 0 Å². The molecule has 3 unspecified atom stereocenters. The fourth-order valence-electron chi connectivity index (χ4n) is 1.97. The van der Waals surface area contributed by atoms with E-state index in [9.17, 15) is 34.9 Å². The third kappa shape index (κ3) is 10.1. The summed E-state index contributed by atoms with van der Waals surface area (Å²) in [5, 5.41) is 0. The van der Waals surface area contributed by atoms with Crippen molar-refractivity contribution in [2.75, 3.05) is 31.9 Å². The van der Waals surface area contributed by atoms with Crippen molar-refractivity contribution in [2.45, 2.75) is 52.6 Å². The number of alkyl halides is 5. The van der Waals surface area contributed by atoms with Gasteiger partial charge in [0.05, 0.1) is 42.1 Å². The molecule has 10 heteroatoms. The zero-order valence-corrected chi connectivity index (χ0v) is 14.6. The maximum Gasteiger partial charge on any atom is 0.272 e. The van der Waals surface area contributed by atoms with Crippen LogP contribution in [0.15, 0.2) is 0 Å². The van der Waals surface area contributed by atoms with Crippen LogP contribution in [0.4, 0.5) is 22.0 Å². The van der Waals surface area contributed by atoms with Crippen molar-refractivity contribution in [3.05, 3.63) is 0 Å². The highest BCUT2D eigenvalue weighted by Gasteiger charge is 2.37. The summed E-state index contributed by atoms with van der Waals surface area (Å²) >= 11 is 0. The monoisotopic (exact) mass is 371 g/mol. The van der Waals surface area contributed by atoms with Gasteiger partial charge in [-0.1, -0.05) is 0 Å². The largest absolute Gasteiger partial charge is 0.748 e. The Morgan fingerprint density at radius 3 is 1.35 bits per heavy atom. The molecule has 0 N–H and O–H groups in total. The van der Waals surface area contributed by atoms with Gasteiger partial charge in [0.2, 0.25) is 0 Å². The Labute approximate surface area is 135 Å². The molecule has 142 valence electrons. The Bertz CT molecular complexity index is 387. The second kappa shape index (κ2) is 11.1. The number of quaternary nitrogens is 1. The lowest BCUT2D eigenvalue weighted by Gasteiger charge is -2.34. The van der Waals surface area contributed by atoms with Crippen molar-refractivity contribution in [3.63, 3.8) is 0 Å². The molecule has 0 aliphatic heterocycles. The van der Waals surface area contributed by atoms with Crippen molar-refractivity contribution in [1.82, 2.24) is 0 Å². The van der Waals surface area contributed by atoms with E-state index in [1.807, 2.05) is 0 Å². The van der Waals surface area contributed by atoms with Gasteiger partial charge in [0.1, 0.15) is 6.17 Å². The van der Waals surface area contributed by atoms with Gasteiger partial charge in [0, 0.05) is 0 Å². The van der Waals surface area contributed by atoms with Crippen LogP contribution in [0.5, 0.6) is 0 Å². The molecule has 0 radical (unpaired) electrons. The highest BCUT2D eigenvalue weighted by atomic mass is 32.2. The van der Waals surface area contributed by atoms with Crippen LogP contribution in [0.25, 0.3) is 0 Å². The summed E-state index contributed by atoms with van der Waals surface area (Å²) in [7, 11) is -5.10. The van der Waals surface area contributed by atoms with Gasteiger partial charge in [0.15, 0.2) is 12.3 Å². The molecule has 0 rings (SSSR count). The molecule has 23 heavy (non-hydrogen) atoms. The standard InChI is InChI=1S/C8H20N.C5H7F5O3S/c1-5-9(6-2,7-3)8-4;6-2(1-14(11,12)13)3(7)4(8)5(9)10/h5-8H2,1-4H3;2-5H,1H2,(H,11,12,13)/q+1;/p-1. The van der Waals surface area contributed by atoms with Crippen LogP contribution in [-0.2, 0) is 10.1 Å². The molecule has 0 aliphatic rings. The van der Waals surface area contributed by atoms with Gasteiger partial charge in [-0.25, -0.2) is 30.4 Å². The first-order valence-electron chi connectivity index (χ1n) is 7.38. The first-order valence-corrected chi connectivity index (χ1v) is 8.96. The molecular formula is C13H26F5NO3S. The minimum Gasteiger partial charge on any atom is -0.748 e. The van der Waals surface area contributed by atoms with Crippen molar-refractivity contribution < 1.29 is 39.4 Å². The van der Waals surface area contributed by atoms with Crippen molar-refractivity contribution in [1.29, 1.82) is 0 Å². The van der Waals surface area contributed by atoms with Gasteiger partial charge < -0.3 is 9.04 Å². The molecule has 0 aliphatic carbocycles. The van der Waals surface area contributed by atoms with Crippen molar-refractivity contribution in [2.24, 2.45) is 0 Å². The summed E-state index contributed by atoms with van der Waals surface area (Å²) in [5.74, 6) is -1.86. The number of hydrogen-bond acceptors (Lipinski definition) is 3. The van der Waals surface area contributed by atoms with Crippen LogP contribution in [0.3, 0.4) is 0 Å². The maximum absolute atomic E-state index is 12.4. The number of hydrogen-bond donors (Lipinski definition) is 0. The molecule has 0 saturated heterocycles.